The summed E-state index contributed by atoms with van der Waals surface area (Å²) < 4.78 is 16.5. The molecule has 0 bridgehead atoms. The number of rotatable bonds is 24. The molecule has 1 aliphatic rings. The van der Waals surface area contributed by atoms with Gasteiger partial charge in [-0.05, 0) is 80.8 Å². The fourth-order valence-electron chi connectivity index (χ4n) is 9.58. The number of aromatic nitrogens is 1. The first-order valence-electron chi connectivity index (χ1n) is 25.4. The number of ether oxygens (including phenoxy) is 3. The van der Waals surface area contributed by atoms with Gasteiger partial charge in [-0.2, -0.15) is 0 Å². The van der Waals surface area contributed by atoms with Crippen LogP contribution in [0.2, 0.25) is 0 Å². The molecular formula is C63H64N4O7S. The Bertz CT molecular complexity index is 2870. The first-order chi connectivity index (χ1) is 36.6. The number of hydrogen-bond donors (Lipinski definition) is 2. The Kier molecular flexibility index (Phi) is 18.8. The van der Waals surface area contributed by atoms with Gasteiger partial charge in [0.15, 0.2) is 0 Å². The number of methoxy groups -OCH3 is 1. The second-order valence-electron chi connectivity index (χ2n) is 18.8. The second kappa shape index (κ2) is 26.4. The van der Waals surface area contributed by atoms with Crippen LogP contribution in [-0.2, 0) is 53.0 Å². The molecule has 8 rings (SSSR count). The zero-order valence-corrected chi connectivity index (χ0v) is 43.5. The van der Waals surface area contributed by atoms with Gasteiger partial charge in [0.1, 0.15) is 18.8 Å². The lowest BCUT2D eigenvalue weighted by atomic mass is 9.84. The molecule has 2 N–H and O–H groups in total. The number of alkyl carbamates (subject to hydrolysis) is 1. The second-order valence-corrected chi connectivity index (χ2v) is 20.1. The number of pyridine rings is 1. The summed E-state index contributed by atoms with van der Waals surface area (Å²) in [5.41, 5.74) is 10.2. The lowest BCUT2D eigenvalue weighted by molar-refractivity contribution is -0.151. The molecule has 0 radical (unpaired) electrons. The Morgan fingerprint density at radius 1 is 0.680 bits per heavy atom. The number of hydrogen-bond acceptors (Lipinski definition) is 10. The Balaban J connectivity index is 0.962. The quantitative estimate of drug-likeness (QED) is 0.0198. The Hall–Kier alpha value is -7.80. The number of benzene rings is 6. The monoisotopic (exact) mass is 1020 g/mol. The van der Waals surface area contributed by atoms with Crippen LogP contribution in [0, 0.1) is 5.92 Å². The van der Waals surface area contributed by atoms with E-state index in [9.17, 15) is 19.2 Å². The van der Waals surface area contributed by atoms with Crippen molar-refractivity contribution < 1.29 is 33.4 Å². The van der Waals surface area contributed by atoms with Gasteiger partial charge < -0.3 is 24.8 Å². The van der Waals surface area contributed by atoms with Gasteiger partial charge in [-0.3, -0.25) is 19.5 Å². The summed E-state index contributed by atoms with van der Waals surface area (Å²) in [6.07, 6.45) is 2.41. The molecule has 7 aromatic rings. The van der Waals surface area contributed by atoms with E-state index in [4.69, 9.17) is 19.2 Å². The van der Waals surface area contributed by atoms with E-state index in [2.05, 4.69) is 95.6 Å². The minimum atomic E-state index is -1.06. The van der Waals surface area contributed by atoms with Gasteiger partial charge in [0.25, 0.3) is 0 Å². The molecule has 0 saturated heterocycles. The van der Waals surface area contributed by atoms with Crippen LogP contribution in [0.5, 0.6) is 0 Å². The lowest BCUT2D eigenvalue weighted by Gasteiger charge is -2.35. The molecule has 384 valence electrons. The number of allylic oxidation sites excluding steroid dienone is 1. The first kappa shape index (κ1) is 53.5. The zero-order chi connectivity index (χ0) is 52.4. The van der Waals surface area contributed by atoms with Crippen molar-refractivity contribution in [1.82, 2.24) is 20.5 Å². The van der Waals surface area contributed by atoms with Crippen LogP contribution in [0.15, 0.2) is 200 Å². The van der Waals surface area contributed by atoms with Crippen molar-refractivity contribution in [2.75, 3.05) is 26.0 Å². The van der Waals surface area contributed by atoms with Gasteiger partial charge in [-0.15, -0.1) is 11.8 Å². The third-order valence-electron chi connectivity index (χ3n) is 13.2. The van der Waals surface area contributed by atoms with Gasteiger partial charge in [-0.25, -0.2) is 9.59 Å². The summed E-state index contributed by atoms with van der Waals surface area (Å²) in [6.45, 7) is 4.80. The Morgan fingerprint density at radius 2 is 1.23 bits per heavy atom. The molecule has 75 heavy (non-hydrogen) atoms. The molecule has 1 aliphatic carbocycles. The summed E-state index contributed by atoms with van der Waals surface area (Å²) in [7, 11) is 1.37. The molecule has 0 spiro atoms. The molecule has 1 aromatic heterocycles. The van der Waals surface area contributed by atoms with Crippen molar-refractivity contribution in [3.05, 3.63) is 245 Å². The van der Waals surface area contributed by atoms with Gasteiger partial charge in [0.2, 0.25) is 5.91 Å². The van der Waals surface area contributed by atoms with Gasteiger partial charge in [0.05, 0.1) is 42.8 Å². The third kappa shape index (κ3) is 14.1. The number of fused-ring (bicyclic) bond motifs is 3. The number of amides is 2. The van der Waals surface area contributed by atoms with Crippen molar-refractivity contribution in [2.45, 2.75) is 69.1 Å². The fraction of sp³-hybridized carbons (Fsp3) is 0.254. The van der Waals surface area contributed by atoms with E-state index in [0.29, 0.717) is 36.7 Å². The van der Waals surface area contributed by atoms with Gasteiger partial charge in [0, 0.05) is 19.0 Å². The molecular weight excluding hydrogens is 957 g/mol. The smallest absolute Gasteiger partial charge is 0.407 e. The molecule has 6 aromatic carbocycles. The third-order valence-corrected chi connectivity index (χ3v) is 14.8. The number of carbonyl (C=O) groups is 4. The highest BCUT2D eigenvalue weighted by molar-refractivity contribution is 8.00. The van der Waals surface area contributed by atoms with E-state index >= 15 is 0 Å². The maximum Gasteiger partial charge on any atom is 0.407 e. The average molecular weight is 1020 g/mol. The normalized spacial score (nSPS) is 12.9. The van der Waals surface area contributed by atoms with Crippen molar-refractivity contribution in [1.29, 1.82) is 0 Å². The molecule has 1 heterocycles. The van der Waals surface area contributed by atoms with E-state index in [1.807, 2.05) is 140 Å². The number of thioether (sulfide) groups is 1. The minimum Gasteiger partial charge on any atom is -0.468 e. The van der Waals surface area contributed by atoms with E-state index in [0.717, 1.165) is 44.5 Å². The molecule has 0 fully saturated rings. The Morgan fingerprint density at radius 3 is 1.80 bits per heavy atom. The van der Waals surface area contributed by atoms with Crippen molar-refractivity contribution in [3.8, 4) is 11.1 Å². The van der Waals surface area contributed by atoms with Crippen LogP contribution in [-0.4, -0.2) is 72.0 Å². The lowest BCUT2D eigenvalue weighted by Crippen LogP contribution is -2.47. The molecule has 0 saturated carbocycles. The predicted molar refractivity (Wildman–Crippen MR) is 295 cm³/mol. The van der Waals surface area contributed by atoms with Crippen LogP contribution < -0.4 is 10.6 Å². The van der Waals surface area contributed by atoms with E-state index in [1.54, 1.807) is 6.08 Å². The highest BCUT2D eigenvalue weighted by Crippen LogP contribution is 2.49. The molecule has 12 heteroatoms. The van der Waals surface area contributed by atoms with Crippen LogP contribution in [0.1, 0.15) is 77.4 Å². The largest absolute Gasteiger partial charge is 0.468 e. The maximum atomic E-state index is 14.2. The van der Waals surface area contributed by atoms with Gasteiger partial charge >= 0.3 is 18.0 Å². The minimum absolute atomic E-state index is 0.0766. The van der Waals surface area contributed by atoms with Crippen LogP contribution in [0.4, 0.5) is 4.79 Å². The highest BCUT2D eigenvalue weighted by atomic mass is 32.2. The first-order valence-corrected chi connectivity index (χ1v) is 26.4. The topological polar surface area (TPSA) is 136 Å². The van der Waals surface area contributed by atoms with Crippen LogP contribution in [0.25, 0.3) is 11.1 Å². The van der Waals surface area contributed by atoms with Gasteiger partial charge in [-0.1, -0.05) is 196 Å². The number of carbonyl (C=O) groups excluding carboxylic acids is 4. The zero-order valence-electron chi connectivity index (χ0n) is 42.7. The van der Waals surface area contributed by atoms with E-state index < -0.39 is 29.0 Å². The standard InChI is InChI=1S/C63H64N4O7S/c1-45(2)60(66-62(71)73-44-57-55-36-18-16-34-53(55)54-35-17-19-37-56(54)57)61(70)74-52(33-20-21-38-75-63(47-25-10-5-11-26-47,48-27-12-6-13-28-48)49-29-14-7-15-30-49)39-58(68)64-40-50-31-22-32-51(65-50)42-67(43-59(69)72-3)41-46-23-8-4-9-24-46/h4-20,22-37,45,52,57,60H,21,38-44H2,1-3H3,(H,64,68)(H,66,71)/b33-20+/t52-,60-/m1/s1. The summed E-state index contributed by atoms with van der Waals surface area (Å²) in [4.78, 5) is 60.7. The van der Waals surface area contributed by atoms with Crippen molar-refractivity contribution >= 4 is 35.7 Å². The number of nitrogens with zero attached hydrogens (tertiary/aromatic N) is 2. The highest BCUT2D eigenvalue weighted by Gasteiger charge is 2.37. The SMILES string of the molecule is COC(=O)CN(Cc1ccccc1)Cc1cccc(CNC(=O)C[C@@H](/C=C/CCSC(c2ccccc2)(c2ccccc2)c2ccccc2)OC(=O)[C@H](NC(=O)OCC2c3ccccc3-c3ccccc32)C(C)C)n1. The van der Waals surface area contributed by atoms with Crippen LogP contribution in [0.3, 0.4) is 0 Å². The number of esters is 2. The van der Waals surface area contributed by atoms with Crippen LogP contribution >= 0.6 is 11.8 Å². The summed E-state index contributed by atoms with van der Waals surface area (Å²) in [5.74, 6) is -1.25. The summed E-state index contributed by atoms with van der Waals surface area (Å²) in [6, 6.07) is 62.0. The van der Waals surface area contributed by atoms with Crippen molar-refractivity contribution in [3.63, 3.8) is 0 Å². The predicted octanol–water partition coefficient (Wildman–Crippen LogP) is 11.4. The fourth-order valence-corrected chi connectivity index (χ4v) is 11.0. The molecule has 11 nitrogen and oxygen atoms in total. The molecule has 0 unspecified atom stereocenters. The Labute approximate surface area is 444 Å². The molecule has 2 atom stereocenters. The van der Waals surface area contributed by atoms with E-state index in [1.165, 1.54) is 7.11 Å². The molecule has 0 aliphatic heterocycles. The van der Waals surface area contributed by atoms with Crippen molar-refractivity contribution in [2.24, 2.45) is 5.92 Å². The summed E-state index contributed by atoms with van der Waals surface area (Å²) >= 11 is 1.81. The van der Waals surface area contributed by atoms with E-state index in [-0.39, 0.29) is 49.8 Å². The summed E-state index contributed by atoms with van der Waals surface area (Å²) in [5, 5.41) is 5.75. The average Bonchev–Trinajstić information content (AvgIpc) is 3.76. The molecule has 2 amide bonds. The number of nitrogens with one attached hydrogen (secondary N) is 2. The maximum absolute atomic E-state index is 14.2.